The van der Waals surface area contributed by atoms with Crippen LogP contribution in [0.3, 0.4) is 0 Å². The van der Waals surface area contributed by atoms with Gasteiger partial charge in [-0.2, -0.15) is 10.2 Å². The van der Waals surface area contributed by atoms with E-state index in [4.69, 9.17) is 15.9 Å². The Kier molecular flexibility index (Phi) is 3.39. The van der Waals surface area contributed by atoms with E-state index < -0.39 is 0 Å². The average Bonchev–Trinajstić information content (AvgIpc) is 2.96. The Morgan fingerprint density at radius 2 is 2.14 bits per heavy atom. The smallest absolute Gasteiger partial charge is 0.171 e. The third kappa shape index (κ3) is 2.37. The summed E-state index contributed by atoms with van der Waals surface area (Å²) in [6, 6.07) is 5.54. The van der Waals surface area contributed by atoms with Crippen molar-refractivity contribution in [1.82, 2.24) is 20.2 Å². The highest BCUT2D eigenvalue weighted by Crippen LogP contribution is 2.37. The highest BCUT2D eigenvalue weighted by molar-refractivity contribution is 5.80. The first-order valence-corrected chi connectivity index (χ1v) is 6.23. The maximum absolute atomic E-state index is 5.49. The van der Waals surface area contributed by atoms with Crippen molar-refractivity contribution in [1.29, 1.82) is 0 Å². The van der Waals surface area contributed by atoms with E-state index in [1.54, 1.807) is 25.6 Å². The van der Waals surface area contributed by atoms with Gasteiger partial charge in [-0.3, -0.25) is 0 Å². The van der Waals surface area contributed by atoms with E-state index in [9.17, 15) is 0 Å². The molecule has 0 atom stereocenters. The number of hydrogen-bond donors (Lipinski definition) is 1. The van der Waals surface area contributed by atoms with Crippen molar-refractivity contribution in [3.63, 3.8) is 0 Å². The quantitative estimate of drug-likeness (QED) is 0.740. The zero-order valence-corrected chi connectivity index (χ0v) is 11.3. The molecule has 0 amide bonds. The molecular formula is C15H12N4O2. The van der Waals surface area contributed by atoms with Crippen molar-refractivity contribution in [3.05, 3.63) is 30.6 Å². The number of fused-ring (bicyclic) bond motifs is 1. The van der Waals surface area contributed by atoms with Gasteiger partial charge in [0, 0.05) is 0 Å². The van der Waals surface area contributed by atoms with E-state index in [0.29, 0.717) is 17.3 Å². The van der Waals surface area contributed by atoms with Gasteiger partial charge in [0.1, 0.15) is 17.9 Å². The molecule has 104 valence electrons. The fourth-order valence-corrected chi connectivity index (χ4v) is 2.05. The summed E-state index contributed by atoms with van der Waals surface area (Å²) in [5.41, 5.74) is 2.32. The van der Waals surface area contributed by atoms with Gasteiger partial charge in [-0.15, -0.1) is 6.42 Å². The number of benzene rings is 1. The molecule has 2 heterocycles. The maximum Gasteiger partial charge on any atom is 0.171 e. The second kappa shape index (κ2) is 5.51. The first-order valence-electron chi connectivity index (χ1n) is 6.23. The number of ether oxygens (including phenoxy) is 2. The van der Waals surface area contributed by atoms with Crippen molar-refractivity contribution >= 4 is 11.0 Å². The largest absolute Gasteiger partial charge is 0.492 e. The Morgan fingerprint density at radius 3 is 2.90 bits per heavy atom. The fraction of sp³-hybridized carbons (Fsp3) is 0.133. The van der Waals surface area contributed by atoms with Gasteiger partial charge in [-0.05, 0) is 12.1 Å². The van der Waals surface area contributed by atoms with Crippen molar-refractivity contribution in [2.45, 2.75) is 0 Å². The number of nitrogens with zero attached hydrogens (tertiary/aromatic N) is 3. The summed E-state index contributed by atoms with van der Waals surface area (Å²) < 4.78 is 10.9. The van der Waals surface area contributed by atoms with Crippen LogP contribution in [0.2, 0.25) is 0 Å². The lowest BCUT2D eigenvalue weighted by Gasteiger charge is -2.11. The predicted octanol–water partition coefficient (Wildman–Crippen LogP) is 2.04. The molecule has 21 heavy (non-hydrogen) atoms. The second-order valence-electron chi connectivity index (χ2n) is 4.20. The number of aromatic nitrogens is 4. The molecule has 0 spiro atoms. The Morgan fingerprint density at radius 1 is 1.29 bits per heavy atom. The summed E-state index contributed by atoms with van der Waals surface area (Å²) in [4.78, 5) is 7.66. The number of hydrogen-bond acceptors (Lipinski definition) is 5. The third-order valence-corrected chi connectivity index (χ3v) is 2.94. The summed E-state index contributed by atoms with van der Waals surface area (Å²) in [5, 5.41) is 7.63. The van der Waals surface area contributed by atoms with Crippen LogP contribution in [0, 0.1) is 12.3 Å². The lowest BCUT2D eigenvalue weighted by molar-refractivity contribution is 0.332. The molecule has 2 aromatic heterocycles. The van der Waals surface area contributed by atoms with Crippen molar-refractivity contribution in [3.8, 4) is 35.2 Å². The number of H-pyrrole nitrogens is 1. The van der Waals surface area contributed by atoms with E-state index >= 15 is 0 Å². The molecule has 0 fully saturated rings. The van der Waals surface area contributed by atoms with Crippen LogP contribution in [0.25, 0.3) is 22.4 Å². The van der Waals surface area contributed by atoms with E-state index in [1.807, 2.05) is 12.1 Å². The molecule has 6 heteroatoms. The van der Waals surface area contributed by atoms with Crippen LogP contribution in [0.5, 0.6) is 11.5 Å². The van der Waals surface area contributed by atoms with Crippen LogP contribution in [0.4, 0.5) is 0 Å². The van der Waals surface area contributed by atoms with E-state index in [0.717, 1.165) is 16.6 Å². The van der Waals surface area contributed by atoms with Gasteiger partial charge in [0.05, 0.1) is 30.6 Å². The molecule has 0 bridgehead atoms. The lowest BCUT2D eigenvalue weighted by Crippen LogP contribution is -1.98. The molecule has 6 nitrogen and oxygen atoms in total. The minimum absolute atomic E-state index is 0.174. The van der Waals surface area contributed by atoms with Crippen LogP contribution in [0.1, 0.15) is 0 Å². The minimum atomic E-state index is 0.174. The summed E-state index contributed by atoms with van der Waals surface area (Å²) in [6.07, 6.45) is 8.44. The molecule has 3 rings (SSSR count). The Hall–Kier alpha value is -3.07. The number of methoxy groups -OCH3 is 1. The molecule has 3 aromatic rings. The molecule has 0 aliphatic heterocycles. The monoisotopic (exact) mass is 280 g/mol. The van der Waals surface area contributed by atoms with Gasteiger partial charge < -0.3 is 14.5 Å². The minimum Gasteiger partial charge on any atom is -0.492 e. The average molecular weight is 280 g/mol. The van der Waals surface area contributed by atoms with Crippen molar-refractivity contribution in [2.75, 3.05) is 13.7 Å². The van der Waals surface area contributed by atoms with Gasteiger partial charge >= 0.3 is 0 Å². The van der Waals surface area contributed by atoms with E-state index in [1.165, 1.54) is 0 Å². The zero-order chi connectivity index (χ0) is 14.7. The molecule has 0 aliphatic carbocycles. The van der Waals surface area contributed by atoms with Crippen LogP contribution in [-0.2, 0) is 0 Å². The van der Waals surface area contributed by atoms with Crippen LogP contribution >= 0.6 is 0 Å². The maximum atomic E-state index is 5.49. The fourth-order valence-electron chi connectivity index (χ4n) is 2.05. The molecule has 1 aromatic carbocycles. The normalized spacial score (nSPS) is 10.3. The summed E-state index contributed by atoms with van der Waals surface area (Å²) in [7, 11) is 1.58. The van der Waals surface area contributed by atoms with E-state index in [2.05, 4.69) is 26.1 Å². The summed E-state index contributed by atoms with van der Waals surface area (Å²) in [6.45, 7) is 0.174. The predicted molar refractivity (Wildman–Crippen MR) is 78.0 cm³/mol. The molecule has 1 N–H and O–H groups in total. The van der Waals surface area contributed by atoms with Gasteiger partial charge in [0.15, 0.2) is 11.5 Å². The topological polar surface area (TPSA) is 72.9 Å². The molecule has 0 unspecified atom stereocenters. The first kappa shape index (κ1) is 12.9. The summed E-state index contributed by atoms with van der Waals surface area (Å²) in [5.74, 6) is 4.24. The SMILES string of the molecule is C#CCOc1cccc(-c2nc3cnncc3[nH]2)c1OC. The number of rotatable bonds is 4. The van der Waals surface area contributed by atoms with Crippen molar-refractivity contribution in [2.24, 2.45) is 0 Å². The highest BCUT2D eigenvalue weighted by atomic mass is 16.5. The molecule has 0 saturated heterocycles. The molecule has 0 saturated carbocycles. The van der Waals surface area contributed by atoms with Gasteiger partial charge in [-0.1, -0.05) is 12.0 Å². The number of aromatic amines is 1. The molecule has 0 aliphatic rings. The van der Waals surface area contributed by atoms with Gasteiger partial charge in [0.2, 0.25) is 0 Å². The summed E-state index contributed by atoms with van der Waals surface area (Å²) >= 11 is 0. The Balaban J connectivity index is 2.10. The third-order valence-electron chi connectivity index (χ3n) is 2.94. The standard InChI is InChI=1S/C15H12N4O2/c1-3-7-21-13-6-4-5-10(14(13)20-2)15-18-11-8-16-17-9-12(11)19-15/h1,4-6,8-9H,7H2,2H3,(H,18,19). The zero-order valence-electron chi connectivity index (χ0n) is 11.3. The van der Waals surface area contributed by atoms with Crippen molar-refractivity contribution < 1.29 is 9.47 Å². The Bertz CT molecular complexity index is 787. The highest BCUT2D eigenvalue weighted by Gasteiger charge is 2.15. The first-order chi connectivity index (χ1) is 10.3. The van der Waals surface area contributed by atoms with Gasteiger partial charge in [0.25, 0.3) is 0 Å². The Labute approximate surface area is 121 Å². The number of para-hydroxylation sites is 1. The molecule has 0 radical (unpaired) electrons. The van der Waals surface area contributed by atoms with Crippen LogP contribution < -0.4 is 9.47 Å². The van der Waals surface area contributed by atoms with Gasteiger partial charge in [-0.25, -0.2) is 4.98 Å². The lowest BCUT2D eigenvalue weighted by atomic mass is 10.1. The second-order valence-corrected chi connectivity index (χ2v) is 4.20. The molecular weight excluding hydrogens is 268 g/mol. The van der Waals surface area contributed by atoms with E-state index in [-0.39, 0.29) is 6.61 Å². The number of imidazole rings is 1. The van der Waals surface area contributed by atoms with Crippen LogP contribution in [0.15, 0.2) is 30.6 Å². The number of terminal acetylenes is 1. The number of nitrogens with one attached hydrogen (secondary N) is 1. The van der Waals surface area contributed by atoms with Crippen LogP contribution in [-0.4, -0.2) is 33.9 Å².